The zero-order valence-corrected chi connectivity index (χ0v) is 13.3. The Kier molecular flexibility index (Phi) is 5.02. The molecule has 25 heavy (non-hydrogen) atoms. The van der Waals surface area contributed by atoms with Crippen LogP contribution >= 0.6 is 0 Å². The molecule has 1 aromatic heterocycles. The van der Waals surface area contributed by atoms with Crippen molar-refractivity contribution in [3.05, 3.63) is 65.5 Å². The lowest BCUT2D eigenvalue weighted by molar-refractivity contribution is -0.123. The highest BCUT2D eigenvalue weighted by molar-refractivity contribution is 5.94. The molecular formula is C18H17F2N3O2. The van der Waals surface area contributed by atoms with Gasteiger partial charge < -0.3 is 10.6 Å². The molecule has 1 aromatic carbocycles. The number of alkyl halides is 2. The number of pyridine rings is 1. The largest absolute Gasteiger partial charge is 0.347 e. The molecule has 2 amide bonds. The Morgan fingerprint density at radius 3 is 2.60 bits per heavy atom. The van der Waals surface area contributed by atoms with E-state index in [4.69, 9.17) is 0 Å². The van der Waals surface area contributed by atoms with Gasteiger partial charge in [-0.2, -0.15) is 0 Å². The smallest absolute Gasteiger partial charge is 0.280 e. The number of hydrogen-bond acceptors (Lipinski definition) is 3. The molecule has 0 unspecified atom stereocenters. The predicted octanol–water partition coefficient (Wildman–Crippen LogP) is 2.77. The number of aromatic nitrogens is 1. The SMILES string of the molecule is O=C1CC[C@@H](NC(=O)c2ccc(C(F)F)nc2)[C@H](c2ccccc2)N1. The molecule has 2 atom stereocenters. The van der Waals surface area contributed by atoms with E-state index in [2.05, 4.69) is 15.6 Å². The molecule has 0 bridgehead atoms. The third-order valence-electron chi connectivity index (χ3n) is 4.15. The van der Waals surface area contributed by atoms with Crippen LogP contribution in [-0.2, 0) is 4.79 Å². The molecular weight excluding hydrogens is 328 g/mol. The van der Waals surface area contributed by atoms with Crippen LogP contribution in [0.15, 0.2) is 48.7 Å². The molecule has 130 valence electrons. The summed E-state index contributed by atoms with van der Waals surface area (Å²) in [4.78, 5) is 27.7. The van der Waals surface area contributed by atoms with Crippen LogP contribution in [0.2, 0.25) is 0 Å². The fraction of sp³-hybridized carbons (Fsp3) is 0.278. The second kappa shape index (κ2) is 7.38. The lowest BCUT2D eigenvalue weighted by Crippen LogP contribution is -2.50. The van der Waals surface area contributed by atoms with Crippen molar-refractivity contribution < 1.29 is 18.4 Å². The average molecular weight is 345 g/mol. The summed E-state index contributed by atoms with van der Waals surface area (Å²) in [5.74, 6) is -0.474. The van der Waals surface area contributed by atoms with Crippen LogP contribution in [-0.4, -0.2) is 22.8 Å². The van der Waals surface area contributed by atoms with E-state index < -0.39 is 12.3 Å². The average Bonchev–Trinajstić information content (AvgIpc) is 2.64. The molecule has 0 radical (unpaired) electrons. The number of nitrogens with zero attached hydrogens (tertiary/aromatic N) is 1. The van der Waals surface area contributed by atoms with Crippen LogP contribution in [0.3, 0.4) is 0 Å². The molecule has 3 rings (SSSR count). The van der Waals surface area contributed by atoms with Crippen molar-refractivity contribution in [3.8, 4) is 0 Å². The van der Waals surface area contributed by atoms with Gasteiger partial charge in [-0.05, 0) is 24.1 Å². The van der Waals surface area contributed by atoms with Crippen LogP contribution in [0.5, 0.6) is 0 Å². The standard InChI is InChI=1S/C18H17F2N3O2/c19-17(20)14-7-6-12(10-21-14)18(25)22-13-8-9-15(24)23-16(13)11-4-2-1-3-5-11/h1-7,10,13,16-17H,8-9H2,(H,22,25)(H,23,24)/t13-,16+/m1/s1. The maximum Gasteiger partial charge on any atom is 0.280 e. The van der Waals surface area contributed by atoms with Crippen molar-refractivity contribution in [2.24, 2.45) is 0 Å². The van der Waals surface area contributed by atoms with E-state index in [9.17, 15) is 18.4 Å². The van der Waals surface area contributed by atoms with E-state index in [0.29, 0.717) is 12.8 Å². The van der Waals surface area contributed by atoms with Crippen LogP contribution in [0, 0.1) is 0 Å². The normalized spacial score (nSPS) is 20.2. The molecule has 2 N–H and O–H groups in total. The van der Waals surface area contributed by atoms with E-state index in [1.807, 2.05) is 30.3 Å². The Morgan fingerprint density at radius 1 is 1.20 bits per heavy atom. The second-order valence-electron chi connectivity index (χ2n) is 5.85. The summed E-state index contributed by atoms with van der Waals surface area (Å²) >= 11 is 0. The van der Waals surface area contributed by atoms with Gasteiger partial charge >= 0.3 is 0 Å². The first kappa shape index (κ1) is 17.0. The van der Waals surface area contributed by atoms with E-state index in [0.717, 1.165) is 17.8 Å². The summed E-state index contributed by atoms with van der Waals surface area (Å²) < 4.78 is 25.1. The molecule has 1 aliphatic rings. The summed E-state index contributed by atoms with van der Waals surface area (Å²) in [5, 5.41) is 5.77. The van der Waals surface area contributed by atoms with Gasteiger partial charge in [0, 0.05) is 12.6 Å². The number of piperidine rings is 1. The van der Waals surface area contributed by atoms with Crippen molar-refractivity contribution in [3.63, 3.8) is 0 Å². The number of halogens is 2. The molecule has 1 fully saturated rings. The maximum absolute atomic E-state index is 12.5. The van der Waals surface area contributed by atoms with Gasteiger partial charge in [-0.25, -0.2) is 8.78 Å². The van der Waals surface area contributed by atoms with Gasteiger partial charge in [-0.1, -0.05) is 30.3 Å². The first-order chi connectivity index (χ1) is 12.0. The summed E-state index contributed by atoms with van der Waals surface area (Å²) in [6.45, 7) is 0. The number of carbonyl (C=O) groups excluding carboxylic acids is 2. The minimum absolute atomic E-state index is 0.0673. The summed E-state index contributed by atoms with van der Waals surface area (Å²) in [6.07, 6.45) is -0.722. The van der Waals surface area contributed by atoms with E-state index in [-0.39, 0.29) is 29.2 Å². The third-order valence-corrected chi connectivity index (χ3v) is 4.15. The molecule has 0 spiro atoms. The number of benzene rings is 1. The van der Waals surface area contributed by atoms with Gasteiger partial charge in [0.15, 0.2) is 0 Å². The monoisotopic (exact) mass is 345 g/mol. The van der Waals surface area contributed by atoms with Crippen LogP contribution < -0.4 is 10.6 Å². The number of amides is 2. The number of rotatable bonds is 4. The predicted molar refractivity (Wildman–Crippen MR) is 87.0 cm³/mol. The van der Waals surface area contributed by atoms with E-state index in [1.54, 1.807) is 0 Å². The van der Waals surface area contributed by atoms with E-state index in [1.165, 1.54) is 6.07 Å². The molecule has 0 aliphatic carbocycles. The quantitative estimate of drug-likeness (QED) is 0.895. The van der Waals surface area contributed by atoms with Crippen molar-refractivity contribution in [2.75, 3.05) is 0 Å². The lowest BCUT2D eigenvalue weighted by atomic mass is 9.91. The summed E-state index contributed by atoms with van der Waals surface area (Å²) in [6, 6.07) is 11.2. The molecule has 7 heteroatoms. The summed E-state index contributed by atoms with van der Waals surface area (Å²) in [5.41, 5.74) is 0.726. The second-order valence-corrected chi connectivity index (χ2v) is 5.85. The van der Waals surface area contributed by atoms with Crippen molar-refractivity contribution >= 4 is 11.8 Å². The van der Waals surface area contributed by atoms with Crippen molar-refractivity contribution in [2.45, 2.75) is 31.4 Å². The Balaban J connectivity index is 1.75. The maximum atomic E-state index is 12.5. The van der Waals surface area contributed by atoms with Crippen LogP contribution in [0.1, 0.15) is 46.9 Å². The fourth-order valence-corrected chi connectivity index (χ4v) is 2.85. The Hall–Kier alpha value is -2.83. The zero-order valence-electron chi connectivity index (χ0n) is 13.3. The topological polar surface area (TPSA) is 71.1 Å². The van der Waals surface area contributed by atoms with Crippen LogP contribution in [0.4, 0.5) is 8.78 Å². The highest BCUT2D eigenvalue weighted by Gasteiger charge is 2.31. The van der Waals surface area contributed by atoms with Gasteiger partial charge in [-0.15, -0.1) is 0 Å². The first-order valence-corrected chi connectivity index (χ1v) is 7.94. The Bertz CT molecular complexity index is 751. The van der Waals surface area contributed by atoms with Gasteiger partial charge in [0.05, 0.1) is 17.6 Å². The minimum Gasteiger partial charge on any atom is -0.347 e. The number of hydrogen-bond donors (Lipinski definition) is 2. The highest BCUT2D eigenvalue weighted by atomic mass is 19.3. The van der Waals surface area contributed by atoms with E-state index >= 15 is 0 Å². The van der Waals surface area contributed by atoms with Gasteiger partial charge in [-0.3, -0.25) is 14.6 Å². The minimum atomic E-state index is -2.67. The fourth-order valence-electron chi connectivity index (χ4n) is 2.85. The van der Waals surface area contributed by atoms with Crippen LogP contribution in [0.25, 0.3) is 0 Å². The third kappa shape index (κ3) is 3.99. The molecule has 1 saturated heterocycles. The molecule has 0 saturated carbocycles. The molecule has 2 heterocycles. The Labute approximate surface area is 143 Å². The Morgan fingerprint density at radius 2 is 1.96 bits per heavy atom. The van der Waals surface area contributed by atoms with Gasteiger partial charge in [0.25, 0.3) is 12.3 Å². The first-order valence-electron chi connectivity index (χ1n) is 7.94. The molecule has 5 nitrogen and oxygen atoms in total. The van der Waals surface area contributed by atoms with Crippen molar-refractivity contribution in [1.29, 1.82) is 0 Å². The zero-order chi connectivity index (χ0) is 17.8. The summed E-state index contributed by atoms with van der Waals surface area (Å²) in [7, 11) is 0. The van der Waals surface area contributed by atoms with Crippen molar-refractivity contribution in [1.82, 2.24) is 15.6 Å². The highest BCUT2D eigenvalue weighted by Crippen LogP contribution is 2.24. The lowest BCUT2D eigenvalue weighted by Gasteiger charge is -2.33. The van der Waals surface area contributed by atoms with Gasteiger partial charge in [0.1, 0.15) is 5.69 Å². The van der Waals surface area contributed by atoms with Gasteiger partial charge in [0.2, 0.25) is 5.91 Å². The molecule has 2 aromatic rings. The molecule has 1 aliphatic heterocycles. The number of nitrogens with one attached hydrogen (secondary N) is 2. The number of carbonyl (C=O) groups is 2.